The second-order valence-electron chi connectivity index (χ2n) is 6.45. The highest BCUT2D eigenvalue weighted by atomic mass is 32.2. The van der Waals surface area contributed by atoms with Gasteiger partial charge in [-0.05, 0) is 30.0 Å². The fraction of sp³-hybridized carbons (Fsp3) is 0.381. The molecule has 4 nitrogen and oxygen atoms in total. The maximum absolute atomic E-state index is 12.3. The molecule has 138 valence electrons. The summed E-state index contributed by atoms with van der Waals surface area (Å²) >= 11 is 0. The van der Waals surface area contributed by atoms with Crippen molar-refractivity contribution in [2.24, 2.45) is 4.99 Å². The zero-order valence-electron chi connectivity index (χ0n) is 15.4. The van der Waals surface area contributed by atoms with Crippen molar-refractivity contribution in [3.63, 3.8) is 0 Å². The van der Waals surface area contributed by atoms with Crippen molar-refractivity contribution in [2.75, 3.05) is 25.4 Å². The van der Waals surface area contributed by atoms with Crippen molar-refractivity contribution in [1.82, 2.24) is 10.2 Å². The third-order valence-electron chi connectivity index (χ3n) is 4.52. The number of fused-ring (bicyclic) bond motifs is 1. The van der Waals surface area contributed by atoms with Crippen LogP contribution in [0.25, 0.3) is 0 Å². The van der Waals surface area contributed by atoms with Crippen LogP contribution in [-0.4, -0.2) is 40.5 Å². The first-order valence-electron chi connectivity index (χ1n) is 9.25. The van der Waals surface area contributed by atoms with Gasteiger partial charge in [0.1, 0.15) is 0 Å². The first kappa shape index (κ1) is 18.6. The Kier molecular flexibility index (Phi) is 6.83. The minimum atomic E-state index is -0.886. The van der Waals surface area contributed by atoms with Crippen LogP contribution < -0.4 is 5.32 Å². The average Bonchev–Trinajstić information content (AvgIpc) is 2.68. The predicted octanol–water partition coefficient (Wildman–Crippen LogP) is 2.96. The number of aliphatic imine (C=N–C) groups is 1. The molecule has 2 aromatic rings. The molecule has 1 unspecified atom stereocenters. The van der Waals surface area contributed by atoms with E-state index in [4.69, 9.17) is 4.99 Å². The Labute approximate surface area is 158 Å². The SMILES string of the molecule is CCNC(=NCCS(=O)Cc1ccccc1)N1CCc2ccccc2C1. The van der Waals surface area contributed by atoms with Crippen molar-refractivity contribution in [3.05, 3.63) is 71.3 Å². The predicted molar refractivity (Wildman–Crippen MR) is 110 cm³/mol. The summed E-state index contributed by atoms with van der Waals surface area (Å²) in [7, 11) is -0.886. The van der Waals surface area contributed by atoms with Crippen molar-refractivity contribution >= 4 is 16.8 Å². The molecule has 0 bridgehead atoms. The van der Waals surface area contributed by atoms with Crippen LogP contribution in [0.3, 0.4) is 0 Å². The van der Waals surface area contributed by atoms with Gasteiger partial charge in [-0.15, -0.1) is 0 Å². The summed E-state index contributed by atoms with van der Waals surface area (Å²) in [5, 5.41) is 3.38. The molecular formula is C21H27N3OS. The standard InChI is InChI=1S/C21H27N3OS/c1-2-22-21(24-14-12-19-10-6-7-11-20(19)16-24)23-13-15-26(25)17-18-8-4-3-5-9-18/h3-11H,2,12-17H2,1H3,(H,22,23). The molecule has 0 amide bonds. The van der Waals surface area contributed by atoms with E-state index in [0.717, 1.165) is 37.6 Å². The monoisotopic (exact) mass is 369 g/mol. The van der Waals surface area contributed by atoms with Gasteiger partial charge in [0.2, 0.25) is 0 Å². The van der Waals surface area contributed by atoms with Crippen LogP contribution in [0.5, 0.6) is 0 Å². The van der Waals surface area contributed by atoms with Gasteiger partial charge < -0.3 is 10.2 Å². The largest absolute Gasteiger partial charge is 0.357 e. The molecule has 3 rings (SSSR count). The van der Waals surface area contributed by atoms with Gasteiger partial charge in [0.15, 0.2) is 5.96 Å². The molecule has 0 aliphatic carbocycles. The molecule has 0 saturated heterocycles. The summed E-state index contributed by atoms with van der Waals surface area (Å²) in [5.41, 5.74) is 3.93. The van der Waals surface area contributed by atoms with Crippen molar-refractivity contribution in [3.8, 4) is 0 Å². The van der Waals surface area contributed by atoms with E-state index < -0.39 is 10.8 Å². The van der Waals surface area contributed by atoms with Crippen LogP contribution in [0.2, 0.25) is 0 Å². The highest BCUT2D eigenvalue weighted by molar-refractivity contribution is 7.84. The molecule has 1 atom stereocenters. The molecule has 1 aliphatic heterocycles. The highest BCUT2D eigenvalue weighted by Gasteiger charge is 2.18. The van der Waals surface area contributed by atoms with Crippen molar-refractivity contribution < 1.29 is 4.21 Å². The molecule has 0 fully saturated rings. The van der Waals surface area contributed by atoms with Gasteiger partial charge in [0, 0.05) is 41.9 Å². The summed E-state index contributed by atoms with van der Waals surface area (Å²) in [4.78, 5) is 7.03. The number of rotatable bonds is 6. The van der Waals surface area contributed by atoms with Crippen LogP contribution >= 0.6 is 0 Å². The van der Waals surface area contributed by atoms with Gasteiger partial charge in [-0.3, -0.25) is 9.20 Å². The molecule has 1 N–H and O–H groups in total. The fourth-order valence-electron chi connectivity index (χ4n) is 3.19. The second-order valence-corrected chi connectivity index (χ2v) is 8.03. The van der Waals surface area contributed by atoms with Crippen LogP contribution in [0, 0.1) is 0 Å². The lowest BCUT2D eigenvalue weighted by Gasteiger charge is -2.31. The Hall–Kier alpha value is -2.14. The van der Waals surface area contributed by atoms with E-state index in [-0.39, 0.29) is 0 Å². The molecular weight excluding hydrogens is 342 g/mol. The summed E-state index contributed by atoms with van der Waals surface area (Å²) in [5.74, 6) is 2.12. The first-order valence-corrected chi connectivity index (χ1v) is 10.7. The molecule has 0 aromatic heterocycles. The molecule has 26 heavy (non-hydrogen) atoms. The zero-order chi connectivity index (χ0) is 18.2. The topological polar surface area (TPSA) is 44.7 Å². The molecule has 1 aliphatic rings. The van der Waals surface area contributed by atoms with Crippen LogP contribution in [0.15, 0.2) is 59.6 Å². The van der Waals surface area contributed by atoms with E-state index in [1.807, 2.05) is 30.3 Å². The highest BCUT2D eigenvalue weighted by Crippen LogP contribution is 2.18. The van der Waals surface area contributed by atoms with Gasteiger partial charge in [0.25, 0.3) is 0 Å². The number of benzene rings is 2. The maximum atomic E-state index is 12.3. The van der Waals surface area contributed by atoms with Crippen LogP contribution in [0.4, 0.5) is 0 Å². The minimum absolute atomic E-state index is 0.583. The molecule has 2 aromatic carbocycles. The van der Waals surface area contributed by atoms with E-state index in [1.165, 1.54) is 11.1 Å². The average molecular weight is 370 g/mol. The Balaban J connectivity index is 1.57. The number of guanidine groups is 1. The van der Waals surface area contributed by atoms with E-state index in [1.54, 1.807) is 0 Å². The molecule has 5 heteroatoms. The van der Waals surface area contributed by atoms with E-state index in [2.05, 4.69) is 41.4 Å². The van der Waals surface area contributed by atoms with Crippen LogP contribution in [0.1, 0.15) is 23.6 Å². The molecule has 1 heterocycles. The molecule has 0 radical (unpaired) electrons. The second kappa shape index (κ2) is 9.53. The van der Waals surface area contributed by atoms with Gasteiger partial charge in [0.05, 0.1) is 6.54 Å². The number of nitrogens with one attached hydrogen (secondary N) is 1. The summed E-state index contributed by atoms with van der Waals surface area (Å²) < 4.78 is 12.3. The smallest absolute Gasteiger partial charge is 0.194 e. The minimum Gasteiger partial charge on any atom is -0.357 e. The third kappa shape index (κ3) is 5.18. The Morgan fingerprint density at radius 2 is 1.85 bits per heavy atom. The van der Waals surface area contributed by atoms with Gasteiger partial charge in [-0.25, -0.2) is 0 Å². The van der Waals surface area contributed by atoms with E-state index >= 15 is 0 Å². The summed E-state index contributed by atoms with van der Waals surface area (Å²) in [6.45, 7) is 5.36. The van der Waals surface area contributed by atoms with Gasteiger partial charge in [-0.1, -0.05) is 54.6 Å². The fourth-order valence-corrected chi connectivity index (χ4v) is 4.19. The Morgan fingerprint density at radius 1 is 1.12 bits per heavy atom. The lowest BCUT2D eigenvalue weighted by atomic mass is 10.0. The van der Waals surface area contributed by atoms with Crippen LogP contribution in [-0.2, 0) is 29.5 Å². The summed E-state index contributed by atoms with van der Waals surface area (Å²) in [6.07, 6.45) is 1.04. The molecule has 0 spiro atoms. The Morgan fingerprint density at radius 3 is 2.62 bits per heavy atom. The molecule has 0 saturated carbocycles. The first-order chi connectivity index (χ1) is 12.8. The van der Waals surface area contributed by atoms with E-state index in [0.29, 0.717) is 18.1 Å². The van der Waals surface area contributed by atoms with E-state index in [9.17, 15) is 4.21 Å². The number of nitrogens with zero attached hydrogens (tertiary/aromatic N) is 2. The maximum Gasteiger partial charge on any atom is 0.194 e. The van der Waals surface area contributed by atoms with Crippen molar-refractivity contribution in [1.29, 1.82) is 0 Å². The van der Waals surface area contributed by atoms with Crippen molar-refractivity contribution in [2.45, 2.75) is 25.6 Å². The Bertz CT molecular complexity index is 761. The number of hydrogen-bond acceptors (Lipinski definition) is 2. The number of hydrogen-bond donors (Lipinski definition) is 1. The third-order valence-corrected chi connectivity index (χ3v) is 5.81. The normalized spacial score (nSPS) is 15.4. The quantitative estimate of drug-likeness (QED) is 0.629. The summed E-state index contributed by atoms with van der Waals surface area (Å²) in [6, 6.07) is 18.6. The van der Waals surface area contributed by atoms with Gasteiger partial charge in [-0.2, -0.15) is 0 Å². The lowest BCUT2D eigenvalue weighted by Crippen LogP contribution is -2.44. The zero-order valence-corrected chi connectivity index (χ0v) is 16.2. The van der Waals surface area contributed by atoms with Gasteiger partial charge >= 0.3 is 0 Å². The lowest BCUT2D eigenvalue weighted by molar-refractivity contribution is 0.379.